The quantitative estimate of drug-likeness (QED) is 0.0898. The van der Waals surface area contributed by atoms with Crippen molar-refractivity contribution in [2.45, 2.75) is 149 Å². The van der Waals surface area contributed by atoms with Crippen LogP contribution in [0.1, 0.15) is 149 Å². The van der Waals surface area contributed by atoms with Crippen molar-refractivity contribution in [2.24, 2.45) is 0 Å². The van der Waals surface area contributed by atoms with Gasteiger partial charge in [0.15, 0.2) is 0 Å². The molecule has 1 N–H and O–H groups in total. The fraction of sp³-hybridized carbons (Fsp3) is 0.800. The third kappa shape index (κ3) is 35.0. The van der Waals surface area contributed by atoms with Gasteiger partial charge in [-0.25, -0.2) is 0 Å². The molecule has 34 heavy (non-hydrogen) atoms. The molecule has 0 amide bonds. The Hall–Kier alpha value is -1.58. The summed E-state index contributed by atoms with van der Waals surface area (Å²) in [6, 6.07) is 0. The summed E-state index contributed by atoms with van der Waals surface area (Å²) in [4.78, 5) is 21.1. The van der Waals surface area contributed by atoms with Crippen LogP contribution in [0.15, 0.2) is 24.3 Å². The minimum absolute atomic E-state index is 0.0763. The van der Waals surface area contributed by atoms with E-state index in [1.807, 2.05) is 6.92 Å². The smallest absolute Gasteiger partial charge is 0.305 e. The Balaban J connectivity index is 0. The highest BCUT2D eigenvalue weighted by atomic mass is 16.5. The maximum absolute atomic E-state index is 10.9. The lowest BCUT2D eigenvalue weighted by Gasteiger charge is -2.00. The van der Waals surface area contributed by atoms with Crippen LogP contribution in [0.3, 0.4) is 0 Å². The van der Waals surface area contributed by atoms with E-state index in [0.717, 1.165) is 32.1 Å². The number of carboxylic acid groups (broad SMARTS) is 1. The van der Waals surface area contributed by atoms with Crippen LogP contribution in [0.4, 0.5) is 0 Å². The Kier molecular flexibility index (Phi) is 32.0. The minimum atomic E-state index is -0.672. The molecule has 0 saturated carbocycles. The Morgan fingerprint density at radius 1 is 0.618 bits per heavy atom. The molecule has 4 nitrogen and oxygen atoms in total. The van der Waals surface area contributed by atoms with Crippen molar-refractivity contribution in [3.63, 3.8) is 0 Å². The SMILES string of the molecule is CC=CCCCCCCCC(=O)O.CCCCCCCC/C=C\CCCCCCCC(=O)OC. The molecule has 0 rings (SSSR count). The van der Waals surface area contributed by atoms with E-state index in [-0.39, 0.29) is 5.97 Å². The van der Waals surface area contributed by atoms with Crippen molar-refractivity contribution in [1.82, 2.24) is 0 Å². The average molecular weight is 481 g/mol. The topological polar surface area (TPSA) is 63.6 Å². The molecule has 0 bridgehead atoms. The second-order valence-electron chi connectivity index (χ2n) is 9.18. The maximum atomic E-state index is 10.9. The molecular formula is C30H56O4. The Labute approximate surface area is 211 Å². The number of unbranched alkanes of at least 4 members (excludes halogenated alkanes) is 16. The number of ether oxygens (including phenoxy) is 1. The lowest BCUT2D eigenvalue weighted by molar-refractivity contribution is -0.141. The van der Waals surface area contributed by atoms with E-state index in [9.17, 15) is 9.59 Å². The first kappa shape index (κ1) is 34.6. The summed E-state index contributed by atoms with van der Waals surface area (Å²) < 4.78 is 4.62. The largest absolute Gasteiger partial charge is 0.481 e. The molecule has 0 aromatic heterocycles. The lowest BCUT2D eigenvalue weighted by Crippen LogP contribution is -1.98. The normalized spacial score (nSPS) is 11.0. The zero-order chi connectivity index (χ0) is 25.5. The third-order valence-electron chi connectivity index (χ3n) is 5.87. The van der Waals surface area contributed by atoms with Gasteiger partial charge in [-0.1, -0.05) is 102 Å². The van der Waals surface area contributed by atoms with E-state index in [2.05, 4.69) is 36.0 Å². The zero-order valence-electron chi connectivity index (χ0n) is 22.8. The molecule has 0 heterocycles. The molecule has 4 heteroatoms. The number of hydrogen-bond donors (Lipinski definition) is 1. The number of carbonyl (C=O) groups is 2. The molecule has 0 aliphatic heterocycles. The van der Waals surface area contributed by atoms with Crippen LogP contribution in [-0.2, 0) is 14.3 Å². The van der Waals surface area contributed by atoms with Gasteiger partial charge in [-0.3, -0.25) is 9.59 Å². The van der Waals surface area contributed by atoms with Crippen LogP contribution < -0.4 is 0 Å². The van der Waals surface area contributed by atoms with Gasteiger partial charge in [0.05, 0.1) is 7.11 Å². The molecule has 0 aliphatic carbocycles. The highest BCUT2D eigenvalue weighted by Crippen LogP contribution is 2.10. The molecule has 0 fully saturated rings. The van der Waals surface area contributed by atoms with Gasteiger partial charge in [0.25, 0.3) is 0 Å². The van der Waals surface area contributed by atoms with E-state index in [1.165, 1.54) is 97.0 Å². The number of rotatable bonds is 23. The Morgan fingerprint density at radius 3 is 1.47 bits per heavy atom. The highest BCUT2D eigenvalue weighted by molar-refractivity contribution is 5.69. The van der Waals surface area contributed by atoms with Crippen molar-refractivity contribution in [3.05, 3.63) is 24.3 Å². The minimum Gasteiger partial charge on any atom is -0.481 e. The predicted molar refractivity (Wildman–Crippen MR) is 146 cm³/mol. The molecule has 0 atom stereocenters. The van der Waals surface area contributed by atoms with Crippen molar-refractivity contribution in [3.8, 4) is 0 Å². The van der Waals surface area contributed by atoms with Gasteiger partial charge in [-0.2, -0.15) is 0 Å². The number of carbonyl (C=O) groups excluding carboxylic acids is 1. The summed E-state index contributed by atoms with van der Waals surface area (Å²) in [6.07, 6.45) is 33.2. The van der Waals surface area contributed by atoms with Gasteiger partial charge < -0.3 is 9.84 Å². The van der Waals surface area contributed by atoms with E-state index < -0.39 is 5.97 Å². The van der Waals surface area contributed by atoms with Gasteiger partial charge >= 0.3 is 11.9 Å². The van der Waals surface area contributed by atoms with Gasteiger partial charge in [-0.15, -0.1) is 0 Å². The molecule has 0 unspecified atom stereocenters. The highest BCUT2D eigenvalue weighted by Gasteiger charge is 1.98. The zero-order valence-corrected chi connectivity index (χ0v) is 22.8. The Bertz CT molecular complexity index is 482. The van der Waals surface area contributed by atoms with Crippen LogP contribution in [0.25, 0.3) is 0 Å². The predicted octanol–water partition coefficient (Wildman–Crippen LogP) is 9.57. The summed E-state index contributed by atoms with van der Waals surface area (Å²) in [7, 11) is 1.46. The van der Waals surface area contributed by atoms with Gasteiger partial charge in [0.2, 0.25) is 0 Å². The summed E-state index contributed by atoms with van der Waals surface area (Å²) in [6.45, 7) is 4.30. The van der Waals surface area contributed by atoms with E-state index >= 15 is 0 Å². The number of methoxy groups -OCH3 is 1. The summed E-state index contributed by atoms with van der Waals surface area (Å²) >= 11 is 0. The fourth-order valence-corrected chi connectivity index (χ4v) is 3.68. The second-order valence-corrected chi connectivity index (χ2v) is 9.18. The van der Waals surface area contributed by atoms with E-state index in [1.54, 1.807) is 0 Å². The number of allylic oxidation sites excluding steroid dienone is 4. The number of aliphatic carboxylic acids is 1. The average Bonchev–Trinajstić information content (AvgIpc) is 2.83. The Morgan fingerprint density at radius 2 is 1.03 bits per heavy atom. The molecule has 0 aromatic carbocycles. The molecule has 0 saturated heterocycles. The molecular weight excluding hydrogens is 424 g/mol. The fourth-order valence-electron chi connectivity index (χ4n) is 3.68. The standard InChI is InChI=1S/C19H36O2.C11H20O2/c1-3-4-5-6-7-8-9-10-11-12-13-14-15-16-17-18-19(20)21-2;1-2-3-4-5-6-7-8-9-10-11(12)13/h10-11H,3-9,12-18H2,1-2H3;2-3H,4-10H2,1H3,(H,12,13)/b11-10-;. The lowest BCUT2D eigenvalue weighted by atomic mass is 10.1. The van der Waals surface area contributed by atoms with Gasteiger partial charge in [0, 0.05) is 12.8 Å². The third-order valence-corrected chi connectivity index (χ3v) is 5.87. The van der Waals surface area contributed by atoms with Crippen molar-refractivity contribution in [2.75, 3.05) is 7.11 Å². The number of esters is 1. The van der Waals surface area contributed by atoms with Crippen LogP contribution in [0.5, 0.6) is 0 Å². The van der Waals surface area contributed by atoms with Crippen molar-refractivity contribution < 1.29 is 19.4 Å². The van der Waals surface area contributed by atoms with E-state index in [4.69, 9.17) is 5.11 Å². The monoisotopic (exact) mass is 480 g/mol. The summed E-state index contributed by atoms with van der Waals surface area (Å²) in [5, 5.41) is 8.38. The molecule has 200 valence electrons. The van der Waals surface area contributed by atoms with Crippen molar-refractivity contribution >= 4 is 11.9 Å². The van der Waals surface area contributed by atoms with Crippen LogP contribution in [0.2, 0.25) is 0 Å². The number of carboxylic acids is 1. The second kappa shape index (κ2) is 31.4. The molecule has 0 aromatic rings. The molecule has 0 radical (unpaired) electrons. The first-order valence-electron chi connectivity index (χ1n) is 14.1. The summed E-state index contributed by atoms with van der Waals surface area (Å²) in [5.74, 6) is -0.749. The first-order chi connectivity index (χ1) is 16.6. The number of hydrogen-bond acceptors (Lipinski definition) is 3. The summed E-state index contributed by atoms with van der Waals surface area (Å²) in [5.41, 5.74) is 0. The molecule has 0 aliphatic rings. The van der Waals surface area contributed by atoms with Crippen LogP contribution >= 0.6 is 0 Å². The van der Waals surface area contributed by atoms with Crippen LogP contribution in [-0.4, -0.2) is 24.2 Å². The van der Waals surface area contributed by atoms with Gasteiger partial charge in [-0.05, 0) is 58.3 Å². The molecule has 0 spiro atoms. The van der Waals surface area contributed by atoms with E-state index in [0.29, 0.717) is 12.8 Å². The van der Waals surface area contributed by atoms with Crippen molar-refractivity contribution in [1.29, 1.82) is 0 Å². The van der Waals surface area contributed by atoms with Crippen LogP contribution in [0, 0.1) is 0 Å². The maximum Gasteiger partial charge on any atom is 0.305 e. The first-order valence-corrected chi connectivity index (χ1v) is 14.1. The van der Waals surface area contributed by atoms with Gasteiger partial charge in [0.1, 0.15) is 0 Å².